The fourth-order valence-electron chi connectivity index (χ4n) is 1.78. The van der Waals surface area contributed by atoms with Crippen LogP contribution in [0.1, 0.15) is 16.0 Å². The van der Waals surface area contributed by atoms with Crippen LogP contribution in [-0.4, -0.2) is 20.4 Å². The topological polar surface area (TPSA) is 71.1 Å². The van der Waals surface area contributed by atoms with Crippen LogP contribution in [0.5, 0.6) is 0 Å². The van der Waals surface area contributed by atoms with Crippen molar-refractivity contribution in [2.45, 2.75) is 24.6 Å². The Bertz CT molecular complexity index is 757. The molecular formula is C13H16BrN3O2S2. The van der Waals surface area contributed by atoms with Gasteiger partial charge in [0.1, 0.15) is 10.0 Å². The molecule has 0 unspecified atom stereocenters. The largest absolute Gasteiger partial charge is 0.315 e. The van der Waals surface area contributed by atoms with Crippen molar-refractivity contribution in [1.82, 2.24) is 10.3 Å². The van der Waals surface area contributed by atoms with Crippen molar-refractivity contribution in [3.63, 3.8) is 0 Å². The van der Waals surface area contributed by atoms with Crippen molar-refractivity contribution >= 4 is 43.1 Å². The van der Waals surface area contributed by atoms with Crippen molar-refractivity contribution < 1.29 is 8.42 Å². The van der Waals surface area contributed by atoms with Crippen LogP contribution in [0.25, 0.3) is 0 Å². The average Bonchev–Trinajstić information content (AvgIpc) is 2.76. The molecule has 0 aromatic carbocycles. The highest BCUT2D eigenvalue weighted by molar-refractivity contribution is 9.10. The van der Waals surface area contributed by atoms with E-state index in [1.807, 2.05) is 27.0 Å². The van der Waals surface area contributed by atoms with Gasteiger partial charge in [-0.15, -0.1) is 11.3 Å². The Hall–Kier alpha value is -0.960. The minimum Gasteiger partial charge on any atom is -0.315 e. The molecule has 2 heterocycles. The van der Waals surface area contributed by atoms with E-state index in [0.29, 0.717) is 16.6 Å². The van der Waals surface area contributed by atoms with Gasteiger partial charge in [0.05, 0.1) is 0 Å². The van der Waals surface area contributed by atoms with Crippen LogP contribution >= 0.6 is 27.3 Å². The molecule has 2 N–H and O–H groups in total. The van der Waals surface area contributed by atoms with E-state index in [-0.39, 0.29) is 0 Å². The molecule has 5 nitrogen and oxygen atoms in total. The van der Waals surface area contributed by atoms with Crippen molar-refractivity contribution in [3.05, 3.63) is 38.8 Å². The molecule has 0 fully saturated rings. The van der Waals surface area contributed by atoms with Crippen LogP contribution in [-0.2, 0) is 16.6 Å². The Morgan fingerprint density at radius 3 is 2.62 bits per heavy atom. The highest BCUT2D eigenvalue weighted by atomic mass is 79.9. The number of pyridine rings is 1. The molecule has 0 aliphatic carbocycles. The van der Waals surface area contributed by atoms with E-state index >= 15 is 0 Å². The van der Waals surface area contributed by atoms with Gasteiger partial charge in [-0.05, 0) is 60.1 Å². The Balaban J connectivity index is 2.32. The summed E-state index contributed by atoms with van der Waals surface area (Å²) in [5.74, 6) is 0.347. The third-order valence-corrected chi connectivity index (χ3v) is 6.36. The molecule has 2 aromatic rings. The zero-order chi connectivity index (χ0) is 15.6. The minimum atomic E-state index is -3.61. The molecule has 0 atom stereocenters. The smallest absolute Gasteiger partial charge is 0.272 e. The van der Waals surface area contributed by atoms with Crippen LogP contribution in [0.15, 0.2) is 27.0 Å². The van der Waals surface area contributed by atoms with Crippen molar-refractivity contribution in [1.29, 1.82) is 0 Å². The quantitative estimate of drug-likeness (QED) is 0.823. The summed E-state index contributed by atoms with van der Waals surface area (Å²) in [6.07, 6.45) is 1.57. The van der Waals surface area contributed by atoms with Crippen LogP contribution in [0.3, 0.4) is 0 Å². The molecule has 21 heavy (non-hydrogen) atoms. The number of rotatable bonds is 5. The third-order valence-electron chi connectivity index (χ3n) is 2.88. The number of sulfonamides is 1. The number of hydrogen-bond donors (Lipinski definition) is 2. The number of aromatic nitrogens is 1. The summed E-state index contributed by atoms with van der Waals surface area (Å²) in [5.41, 5.74) is 1.73. The van der Waals surface area contributed by atoms with Gasteiger partial charge in [-0.1, -0.05) is 0 Å². The van der Waals surface area contributed by atoms with Crippen LogP contribution in [0.2, 0.25) is 0 Å². The Morgan fingerprint density at radius 2 is 2.00 bits per heavy atom. The summed E-state index contributed by atoms with van der Waals surface area (Å²) >= 11 is 4.58. The molecule has 0 spiro atoms. The molecule has 0 saturated carbocycles. The van der Waals surface area contributed by atoms with E-state index in [2.05, 4.69) is 31.0 Å². The molecule has 2 aromatic heterocycles. The molecule has 0 radical (unpaired) electrons. The molecular weight excluding hydrogens is 374 g/mol. The lowest BCUT2D eigenvalue weighted by Gasteiger charge is -2.08. The van der Waals surface area contributed by atoms with E-state index in [0.717, 1.165) is 20.5 Å². The summed E-state index contributed by atoms with van der Waals surface area (Å²) in [6, 6.07) is 3.50. The van der Waals surface area contributed by atoms with Gasteiger partial charge in [0.25, 0.3) is 10.0 Å². The molecule has 0 saturated heterocycles. The highest BCUT2D eigenvalue weighted by Crippen LogP contribution is 2.28. The second-order valence-corrected chi connectivity index (χ2v) is 8.59. The fraction of sp³-hybridized carbons (Fsp3) is 0.308. The van der Waals surface area contributed by atoms with E-state index in [9.17, 15) is 8.42 Å². The number of nitrogens with zero attached hydrogens (tertiary/aromatic N) is 1. The second-order valence-electron chi connectivity index (χ2n) is 4.63. The van der Waals surface area contributed by atoms with Gasteiger partial charge < -0.3 is 5.32 Å². The first kappa shape index (κ1) is 16.4. The Kier molecular flexibility index (Phi) is 5.03. The van der Waals surface area contributed by atoms with Crippen molar-refractivity contribution in [2.24, 2.45) is 0 Å². The zero-order valence-corrected chi connectivity index (χ0v) is 15.1. The van der Waals surface area contributed by atoms with Gasteiger partial charge in [0, 0.05) is 22.1 Å². The first-order valence-corrected chi connectivity index (χ1v) is 9.31. The summed E-state index contributed by atoms with van der Waals surface area (Å²) < 4.78 is 28.5. The molecule has 2 rings (SSSR count). The predicted octanol–water partition coefficient (Wildman–Crippen LogP) is 3.04. The van der Waals surface area contributed by atoms with Crippen molar-refractivity contribution in [2.75, 3.05) is 11.8 Å². The van der Waals surface area contributed by atoms with Crippen molar-refractivity contribution in [3.8, 4) is 0 Å². The lowest BCUT2D eigenvalue weighted by atomic mass is 10.3. The average molecular weight is 390 g/mol. The van der Waals surface area contributed by atoms with Gasteiger partial charge >= 0.3 is 0 Å². The van der Waals surface area contributed by atoms with Gasteiger partial charge in [0.15, 0.2) is 0 Å². The van der Waals surface area contributed by atoms with E-state index in [1.165, 1.54) is 11.3 Å². The fourth-order valence-corrected chi connectivity index (χ4v) is 4.91. The Labute approximate surface area is 137 Å². The molecule has 0 bridgehead atoms. The lowest BCUT2D eigenvalue weighted by molar-refractivity contribution is 0.603. The van der Waals surface area contributed by atoms with E-state index in [4.69, 9.17) is 0 Å². The highest BCUT2D eigenvalue weighted by Gasteiger charge is 2.20. The standard InChI is InChI=1S/C13H16BrN3O2S2/c1-8-5-12(20-11(8)7-15-3)21(18,19)17-13-9(2)4-10(14)6-16-13/h4-6,15H,7H2,1-3H3,(H,16,17). The summed E-state index contributed by atoms with van der Waals surface area (Å²) in [5, 5.41) is 3.03. The molecule has 0 amide bonds. The SMILES string of the molecule is CNCc1sc(S(=O)(=O)Nc2ncc(Br)cc2C)cc1C. The predicted molar refractivity (Wildman–Crippen MR) is 89.3 cm³/mol. The summed E-state index contributed by atoms with van der Waals surface area (Å²) in [4.78, 5) is 5.12. The normalized spacial score (nSPS) is 11.6. The molecule has 8 heteroatoms. The van der Waals surface area contributed by atoms with Gasteiger partial charge in [-0.2, -0.15) is 0 Å². The van der Waals surface area contributed by atoms with Crippen LogP contribution in [0.4, 0.5) is 5.82 Å². The first-order chi connectivity index (χ1) is 9.83. The first-order valence-electron chi connectivity index (χ1n) is 6.22. The maximum atomic E-state index is 12.4. The summed E-state index contributed by atoms with van der Waals surface area (Å²) in [7, 11) is -1.77. The number of hydrogen-bond acceptors (Lipinski definition) is 5. The lowest BCUT2D eigenvalue weighted by Crippen LogP contribution is -2.13. The maximum absolute atomic E-state index is 12.4. The molecule has 114 valence electrons. The minimum absolute atomic E-state index is 0.300. The van der Waals surface area contributed by atoms with E-state index in [1.54, 1.807) is 12.3 Å². The number of nitrogens with one attached hydrogen (secondary N) is 2. The molecule has 0 aliphatic rings. The van der Waals surface area contributed by atoms with Gasteiger partial charge in [-0.25, -0.2) is 13.4 Å². The maximum Gasteiger partial charge on any atom is 0.272 e. The Morgan fingerprint density at radius 1 is 1.29 bits per heavy atom. The van der Waals surface area contributed by atoms with Gasteiger partial charge in [-0.3, -0.25) is 4.72 Å². The number of aryl methyl sites for hydroxylation is 2. The number of halogens is 1. The van der Waals surface area contributed by atoms with Crippen LogP contribution in [0, 0.1) is 13.8 Å². The van der Waals surface area contributed by atoms with E-state index < -0.39 is 10.0 Å². The zero-order valence-electron chi connectivity index (χ0n) is 11.9. The second kappa shape index (κ2) is 6.43. The molecule has 0 aliphatic heterocycles. The number of thiophene rings is 1. The monoisotopic (exact) mass is 389 g/mol. The third kappa shape index (κ3) is 3.82. The number of anilines is 1. The summed E-state index contributed by atoms with van der Waals surface area (Å²) in [6.45, 7) is 4.37. The van der Waals surface area contributed by atoms with Gasteiger partial charge in [0.2, 0.25) is 0 Å². The van der Waals surface area contributed by atoms with Crippen LogP contribution < -0.4 is 10.0 Å².